The second-order valence-corrected chi connectivity index (χ2v) is 13.0. The molecule has 11 nitrogen and oxygen atoms in total. The van der Waals surface area contributed by atoms with E-state index in [-0.39, 0.29) is 37.3 Å². The van der Waals surface area contributed by atoms with Gasteiger partial charge < -0.3 is 32.1 Å². The van der Waals surface area contributed by atoms with Gasteiger partial charge in [-0.3, -0.25) is 24.0 Å². The number of benzene rings is 3. The number of aryl methyl sites for hydroxylation is 2. The normalized spacial score (nSPS) is 21.7. The summed E-state index contributed by atoms with van der Waals surface area (Å²) in [6, 6.07) is 17.4. The second kappa shape index (κ2) is 17.8. The van der Waals surface area contributed by atoms with Crippen molar-refractivity contribution in [3.8, 4) is 5.75 Å². The predicted molar refractivity (Wildman–Crippen MR) is 191 cm³/mol. The van der Waals surface area contributed by atoms with Gasteiger partial charge in [0.15, 0.2) is 0 Å². The van der Waals surface area contributed by atoms with Gasteiger partial charge in [0.2, 0.25) is 29.5 Å². The van der Waals surface area contributed by atoms with Crippen LogP contribution in [0.5, 0.6) is 5.75 Å². The molecule has 0 saturated carbocycles. The number of hydrogen-bond donors (Lipinski definition) is 6. The summed E-state index contributed by atoms with van der Waals surface area (Å²) in [5.41, 5.74) is 9.86. The fraction of sp³-hybridized carbons (Fsp3) is 0.359. The quantitative estimate of drug-likeness (QED) is 0.189. The number of hydrogen-bond acceptors (Lipinski definition) is 6. The lowest BCUT2D eigenvalue weighted by atomic mass is 9.92. The fourth-order valence-corrected chi connectivity index (χ4v) is 6.07. The summed E-state index contributed by atoms with van der Waals surface area (Å²) in [5, 5.41) is 21.2. The van der Waals surface area contributed by atoms with Gasteiger partial charge in [-0.05, 0) is 79.5 Å². The molecule has 0 aliphatic carbocycles. The van der Waals surface area contributed by atoms with Crippen molar-refractivity contribution in [3.63, 3.8) is 0 Å². The SMILES string of the molecule is Cc1cc(O)cc(C)c1C[C@H](C)C(=O)N[C@@H]1C/C=C\CC[C@@H](C(N)=O)NC(=O)[C@H](Cc2ccccc2)NC(=O)[C@H](Cc2ccccc2)NC1=O. The number of carbonyl (C=O) groups excluding carboxylic acids is 5. The van der Waals surface area contributed by atoms with Crippen molar-refractivity contribution in [3.05, 3.63) is 113 Å². The highest BCUT2D eigenvalue weighted by atomic mass is 16.3. The Kier molecular flexibility index (Phi) is 13.3. The van der Waals surface area contributed by atoms with Gasteiger partial charge in [0, 0.05) is 18.8 Å². The van der Waals surface area contributed by atoms with Crippen molar-refractivity contribution < 1.29 is 29.1 Å². The van der Waals surface area contributed by atoms with Crippen molar-refractivity contribution in [2.45, 2.75) is 83.5 Å². The molecule has 5 atom stereocenters. The number of aromatic hydroxyl groups is 1. The number of amides is 5. The minimum Gasteiger partial charge on any atom is -0.508 e. The van der Waals surface area contributed by atoms with E-state index in [9.17, 15) is 29.1 Å². The van der Waals surface area contributed by atoms with Gasteiger partial charge in [0.05, 0.1) is 0 Å². The molecule has 0 radical (unpaired) electrons. The second-order valence-electron chi connectivity index (χ2n) is 13.0. The minimum absolute atomic E-state index is 0.117. The monoisotopic (exact) mass is 681 g/mol. The van der Waals surface area contributed by atoms with E-state index in [4.69, 9.17) is 5.73 Å². The predicted octanol–water partition coefficient (Wildman–Crippen LogP) is 2.84. The van der Waals surface area contributed by atoms with E-state index < -0.39 is 53.7 Å². The summed E-state index contributed by atoms with van der Waals surface area (Å²) in [4.78, 5) is 67.3. The maximum Gasteiger partial charge on any atom is 0.243 e. The largest absolute Gasteiger partial charge is 0.508 e. The summed E-state index contributed by atoms with van der Waals surface area (Å²) in [6.45, 7) is 5.52. The Hall–Kier alpha value is -5.45. The minimum atomic E-state index is -1.10. The molecule has 0 saturated heterocycles. The maximum atomic E-state index is 14.0. The Morgan fingerprint density at radius 1 is 0.820 bits per heavy atom. The topological polar surface area (TPSA) is 180 Å². The van der Waals surface area contributed by atoms with E-state index in [0.29, 0.717) is 12.8 Å². The van der Waals surface area contributed by atoms with Crippen LogP contribution < -0.4 is 27.0 Å². The summed E-state index contributed by atoms with van der Waals surface area (Å²) in [7, 11) is 0. The zero-order valence-corrected chi connectivity index (χ0v) is 28.8. The number of allylic oxidation sites excluding steroid dienone is 1. The Bertz CT molecular complexity index is 1670. The van der Waals surface area contributed by atoms with Crippen molar-refractivity contribution in [2.24, 2.45) is 11.7 Å². The first-order valence-electron chi connectivity index (χ1n) is 16.9. The lowest BCUT2D eigenvalue weighted by molar-refractivity contribution is -0.134. The van der Waals surface area contributed by atoms with Crippen LogP contribution in [0.15, 0.2) is 84.9 Å². The van der Waals surface area contributed by atoms with Gasteiger partial charge in [-0.1, -0.05) is 79.7 Å². The summed E-state index contributed by atoms with van der Waals surface area (Å²) < 4.78 is 0. The van der Waals surface area contributed by atoms with Crippen LogP contribution in [0, 0.1) is 19.8 Å². The molecule has 1 aliphatic heterocycles. The first-order chi connectivity index (χ1) is 23.9. The molecule has 1 heterocycles. The van der Waals surface area contributed by atoms with Gasteiger partial charge in [-0.2, -0.15) is 0 Å². The van der Waals surface area contributed by atoms with Crippen LogP contribution in [0.4, 0.5) is 0 Å². The molecule has 264 valence electrons. The Labute approximate surface area is 293 Å². The van der Waals surface area contributed by atoms with Crippen molar-refractivity contribution in [2.75, 3.05) is 0 Å². The molecule has 0 bridgehead atoms. The number of carbonyl (C=O) groups is 5. The third kappa shape index (κ3) is 10.8. The van der Waals surface area contributed by atoms with Gasteiger partial charge in [0.1, 0.15) is 29.9 Å². The van der Waals surface area contributed by atoms with E-state index in [2.05, 4.69) is 21.3 Å². The molecule has 5 amide bonds. The molecule has 50 heavy (non-hydrogen) atoms. The van der Waals surface area contributed by atoms with Gasteiger partial charge >= 0.3 is 0 Å². The van der Waals surface area contributed by atoms with Crippen LogP contribution in [-0.2, 0) is 43.2 Å². The maximum absolute atomic E-state index is 14.0. The molecule has 3 aromatic carbocycles. The first kappa shape index (κ1) is 37.4. The lowest BCUT2D eigenvalue weighted by Crippen LogP contribution is -2.59. The van der Waals surface area contributed by atoms with E-state index in [0.717, 1.165) is 27.8 Å². The first-order valence-corrected chi connectivity index (χ1v) is 16.9. The Morgan fingerprint density at radius 3 is 1.88 bits per heavy atom. The molecule has 0 aromatic heterocycles. The molecule has 3 aromatic rings. The average molecular weight is 682 g/mol. The standard InChI is InChI=1S/C39H47N5O6/c1-24-19-29(45)20-25(2)30(24)21-26(3)36(47)42-32-18-12-6-11-17-31(35(40)46)41-38(49)33(22-27-13-7-4-8-14-27)44-39(50)34(43-37(32)48)23-28-15-9-5-10-16-28/h4-10,12-16,19-20,26,31-34,45H,11,17-18,21-23H2,1-3H3,(H2,40,46)(H,41,49)(H,42,47)(H,43,48)(H,44,50)/b12-6-/t26-,31-,32+,33-,34-/m0/s1. The molecule has 0 unspecified atom stereocenters. The summed E-state index contributed by atoms with van der Waals surface area (Å²) in [6.07, 6.45) is 4.82. The van der Waals surface area contributed by atoms with Gasteiger partial charge in [-0.25, -0.2) is 0 Å². The molecule has 1 aliphatic rings. The number of nitrogens with two attached hydrogens (primary N) is 1. The van der Waals surface area contributed by atoms with Crippen molar-refractivity contribution >= 4 is 29.5 Å². The van der Waals surface area contributed by atoms with E-state index in [1.165, 1.54) is 0 Å². The highest BCUT2D eigenvalue weighted by Gasteiger charge is 2.32. The highest BCUT2D eigenvalue weighted by Crippen LogP contribution is 2.23. The van der Waals surface area contributed by atoms with Crippen LogP contribution in [0.3, 0.4) is 0 Å². The third-order valence-corrected chi connectivity index (χ3v) is 8.92. The molecule has 4 rings (SSSR count). The zero-order valence-electron chi connectivity index (χ0n) is 28.8. The average Bonchev–Trinajstić information content (AvgIpc) is 3.08. The smallest absolute Gasteiger partial charge is 0.243 e. The van der Waals surface area contributed by atoms with Crippen molar-refractivity contribution in [1.29, 1.82) is 0 Å². The number of nitrogens with one attached hydrogen (secondary N) is 4. The van der Waals surface area contributed by atoms with Crippen LogP contribution in [0.25, 0.3) is 0 Å². The van der Waals surface area contributed by atoms with Crippen molar-refractivity contribution in [1.82, 2.24) is 21.3 Å². The number of phenolic OH excluding ortho intramolecular Hbond substituents is 1. The molecule has 0 spiro atoms. The Balaban J connectivity index is 1.63. The molecular formula is C39H47N5O6. The molecule has 11 heteroatoms. The number of phenols is 1. The summed E-state index contributed by atoms with van der Waals surface area (Å²) >= 11 is 0. The fourth-order valence-electron chi connectivity index (χ4n) is 6.07. The van der Waals surface area contributed by atoms with Crippen LogP contribution >= 0.6 is 0 Å². The van der Waals surface area contributed by atoms with Gasteiger partial charge in [-0.15, -0.1) is 0 Å². The zero-order chi connectivity index (χ0) is 36.2. The van der Waals surface area contributed by atoms with Gasteiger partial charge in [0.25, 0.3) is 0 Å². The third-order valence-electron chi connectivity index (χ3n) is 8.92. The van der Waals surface area contributed by atoms with Crippen LogP contribution in [0.2, 0.25) is 0 Å². The molecular weight excluding hydrogens is 634 g/mol. The number of primary amides is 1. The Morgan fingerprint density at radius 2 is 1.34 bits per heavy atom. The van der Waals surface area contributed by atoms with E-state index in [1.54, 1.807) is 31.2 Å². The molecule has 0 fully saturated rings. The van der Waals surface area contributed by atoms with Crippen LogP contribution in [-0.4, -0.2) is 58.8 Å². The molecule has 7 N–H and O–H groups in total. The van der Waals surface area contributed by atoms with E-state index in [1.807, 2.05) is 74.5 Å². The summed E-state index contributed by atoms with van der Waals surface area (Å²) in [5.74, 6) is -3.15. The number of rotatable bonds is 9. The van der Waals surface area contributed by atoms with E-state index >= 15 is 0 Å². The lowest BCUT2D eigenvalue weighted by Gasteiger charge is -2.26. The highest BCUT2D eigenvalue weighted by molar-refractivity contribution is 5.96. The van der Waals surface area contributed by atoms with Crippen LogP contribution in [0.1, 0.15) is 54.0 Å².